The largest absolute Gasteiger partial charge is 0.370 e. The normalized spacial score (nSPS) is 16.2. The number of fused-ring (bicyclic) bond motifs is 1. The molecule has 6 nitrogen and oxygen atoms in total. The number of rotatable bonds is 1. The van der Waals surface area contributed by atoms with Crippen LogP contribution in [0.25, 0.3) is 6.08 Å². The van der Waals surface area contributed by atoms with Crippen molar-refractivity contribution >= 4 is 27.8 Å². The molecule has 0 fully saturated rings. The smallest absolute Gasteiger partial charge is 0.280 e. The number of carbonyl (C=O) groups excluding carboxylic acids is 1. The standard InChI is InChI=1S/C12H13N3O3S/c1-7-4-8-2-3-9(11(16)15-12(13)14)5-10(8)19(17,18)6-7/h2-5H,6H2,1H3,(H4,13,14,15,16). The first-order chi connectivity index (χ1) is 8.79. The minimum atomic E-state index is -3.41. The highest BCUT2D eigenvalue weighted by atomic mass is 32.2. The van der Waals surface area contributed by atoms with Crippen LogP contribution in [-0.4, -0.2) is 26.0 Å². The van der Waals surface area contributed by atoms with Gasteiger partial charge in [-0.2, -0.15) is 4.99 Å². The lowest BCUT2D eigenvalue weighted by atomic mass is 10.1. The molecule has 0 aromatic heterocycles. The summed E-state index contributed by atoms with van der Waals surface area (Å²) in [5.74, 6) is -1.06. The maximum Gasteiger partial charge on any atom is 0.280 e. The van der Waals surface area contributed by atoms with Crippen LogP contribution in [0.1, 0.15) is 22.8 Å². The lowest BCUT2D eigenvalue weighted by Crippen LogP contribution is -2.24. The summed E-state index contributed by atoms with van der Waals surface area (Å²) in [7, 11) is -3.41. The fourth-order valence-electron chi connectivity index (χ4n) is 1.92. The second-order valence-electron chi connectivity index (χ2n) is 4.34. The molecule has 1 aromatic rings. The maximum atomic E-state index is 12.0. The number of hydrogen-bond donors (Lipinski definition) is 2. The van der Waals surface area contributed by atoms with E-state index in [-0.39, 0.29) is 22.2 Å². The SMILES string of the molecule is CC1=Cc2ccc(C(=O)N=C(N)N)cc2S(=O)(=O)C1. The van der Waals surface area contributed by atoms with Crippen molar-refractivity contribution in [2.75, 3.05) is 5.75 Å². The first-order valence-electron chi connectivity index (χ1n) is 5.47. The minimum Gasteiger partial charge on any atom is -0.370 e. The number of carbonyl (C=O) groups is 1. The Labute approximate surface area is 110 Å². The average Bonchev–Trinajstić information content (AvgIpc) is 2.26. The number of hydrogen-bond acceptors (Lipinski definition) is 3. The summed E-state index contributed by atoms with van der Waals surface area (Å²) in [6.45, 7) is 1.75. The Kier molecular flexibility index (Phi) is 3.15. The van der Waals surface area contributed by atoms with Gasteiger partial charge in [-0.25, -0.2) is 8.42 Å². The summed E-state index contributed by atoms with van der Waals surface area (Å²) in [6.07, 6.45) is 1.78. The molecule has 4 N–H and O–H groups in total. The van der Waals surface area contributed by atoms with E-state index in [0.29, 0.717) is 5.56 Å². The molecule has 0 saturated heterocycles. The fraction of sp³-hybridized carbons (Fsp3) is 0.167. The summed E-state index contributed by atoms with van der Waals surface area (Å²) in [4.78, 5) is 15.2. The summed E-state index contributed by atoms with van der Waals surface area (Å²) in [5.41, 5.74) is 11.7. The Morgan fingerprint density at radius 3 is 2.63 bits per heavy atom. The summed E-state index contributed by atoms with van der Waals surface area (Å²) < 4.78 is 24.1. The number of nitrogens with two attached hydrogens (primary N) is 2. The topological polar surface area (TPSA) is 116 Å². The maximum absolute atomic E-state index is 12.0. The van der Waals surface area contributed by atoms with Gasteiger partial charge < -0.3 is 11.5 Å². The van der Waals surface area contributed by atoms with E-state index in [1.54, 1.807) is 19.1 Å². The van der Waals surface area contributed by atoms with Gasteiger partial charge in [-0.15, -0.1) is 0 Å². The van der Waals surface area contributed by atoms with Crippen molar-refractivity contribution in [3.05, 3.63) is 34.9 Å². The summed E-state index contributed by atoms with van der Waals surface area (Å²) in [6, 6.07) is 4.38. The molecule has 0 radical (unpaired) electrons. The van der Waals surface area contributed by atoms with Gasteiger partial charge in [0.1, 0.15) is 0 Å². The molecule has 0 bridgehead atoms. The van der Waals surface area contributed by atoms with Crippen LogP contribution >= 0.6 is 0 Å². The molecule has 1 amide bonds. The van der Waals surface area contributed by atoms with Crippen LogP contribution in [0, 0.1) is 0 Å². The van der Waals surface area contributed by atoms with Gasteiger partial charge in [0.15, 0.2) is 15.8 Å². The van der Waals surface area contributed by atoms with E-state index in [1.807, 2.05) is 0 Å². The molecule has 100 valence electrons. The predicted octanol–water partition coefficient (Wildman–Crippen LogP) is 0.291. The van der Waals surface area contributed by atoms with Crippen LogP contribution in [0.3, 0.4) is 0 Å². The Morgan fingerprint density at radius 1 is 1.32 bits per heavy atom. The lowest BCUT2D eigenvalue weighted by molar-refractivity contribution is 0.100. The first kappa shape index (κ1) is 13.3. The van der Waals surface area contributed by atoms with Crippen molar-refractivity contribution in [2.24, 2.45) is 16.5 Å². The van der Waals surface area contributed by atoms with Gasteiger partial charge in [-0.1, -0.05) is 17.7 Å². The van der Waals surface area contributed by atoms with Crippen molar-refractivity contribution < 1.29 is 13.2 Å². The van der Waals surface area contributed by atoms with Gasteiger partial charge in [0.2, 0.25) is 0 Å². The molecule has 2 rings (SSSR count). The molecule has 0 unspecified atom stereocenters. The van der Waals surface area contributed by atoms with E-state index in [0.717, 1.165) is 5.57 Å². The van der Waals surface area contributed by atoms with E-state index in [2.05, 4.69) is 4.99 Å². The van der Waals surface area contributed by atoms with Crippen LogP contribution in [0.2, 0.25) is 0 Å². The highest BCUT2D eigenvalue weighted by molar-refractivity contribution is 7.91. The van der Waals surface area contributed by atoms with E-state index in [9.17, 15) is 13.2 Å². The van der Waals surface area contributed by atoms with Crippen molar-refractivity contribution in [3.8, 4) is 0 Å². The monoisotopic (exact) mass is 279 g/mol. The Hall–Kier alpha value is -2.15. The summed E-state index contributed by atoms with van der Waals surface area (Å²) in [5, 5.41) is 0. The molecular weight excluding hydrogens is 266 g/mol. The molecule has 19 heavy (non-hydrogen) atoms. The van der Waals surface area contributed by atoms with Crippen molar-refractivity contribution in [3.63, 3.8) is 0 Å². The number of guanidine groups is 1. The number of nitrogens with zero attached hydrogens (tertiary/aromatic N) is 1. The van der Waals surface area contributed by atoms with Crippen LogP contribution < -0.4 is 11.5 Å². The number of aliphatic imine (C=N–C) groups is 1. The fourth-order valence-corrected chi connectivity index (χ4v) is 3.55. The van der Waals surface area contributed by atoms with E-state index in [4.69, 9.17) is 11.5 Å². The Bertz CT molecular complexity index is 714. The Balaban J connectivity index is 2.57. The highest BCUT2D eigenvalue weighted by Crippen LogP contribution is 2.27. The van der Waals surface area contributed by atoms with Gasteiger partial charge >= 0.3 is 0 Å². The van der Waals surface area contributed by atoms with Crippen LogP contribution in [0.5, 0.6) is 0 Å². The van der Waals surface area contributed by atoms with Crippen LogP contribution in [-0.2, 0) is 9.84 Å². The minimum absolute atomic E-state index is 0.0417. The van der Waals surface area contributed by atoms with E-state index in [1.165, 1.54) is 12.1 Å². The van der Waals surface area contributed by atoms with Crippen molar-refractivity contribution in [2.45, 2.75) is 11.8 Å². The van der Waals surface area contributed by atoms with Crippen molar-refractivity contribution in [1.29, 1.82) is 0 Å². The zero-order valence-electron chi connectivity index (χ0n) is 10.3. The predicted molar refractivity (Wildman–Crippen MR) is 72.3 cm³/mol. The van der Waals surface area contributed by atoms with Gasteiger partial charge in [-0.3, -0.25) is 4.79 Å². The molecular formula is C12H13N3O3S. The van der Waals surface area contributed by atoms with Gasteiger partial charge in [-0.05, 0) is 24.6 Å². The summed E-state index contributed by atoms with van der Waals surface area (Å²) >= 11 is 0. The molecule has 0 aliphatic carbocycles. The van der Waals surface area contributed by atoms with Gasteiger partial charge in [0, 0.05) is 5.56 Å². The first-order valence-corrected chi connectivity index (χ1v) is 7.13. The molecule has 0 saturated carbocycles. The molecule has 1 heterocycles. The third-order valence-corrected chi connectivity index (χ3v) is 4.50. The average molecular weight is 279 g/mol. The molecule has 1 aliphatic heterocycles. The molecule has 1 aliphatic rings. The third kappa shape index (κ3) is 2.65. The molecule has 0 atom stereocenters. The zero-order chi connectivity index (χ0) is 14.2. The second kappa shape index (κ2) is 4.51. The van der Waals surface area contributed by atoms with Crippen LogP contribution in [0.4, 0.5) is 0 Å². The second-order valence-corrected chi connectivity index (χ2v) is 6.30. The molecule has 7 heteroatoms. The Morgan fingerprint density at radius 2 is 2.00 bits per heavy atom. The number of sulfone groups is 1. The van der Waals surface area contributed by atoms with Gasteiger partial charge in [0.25, 0.3) is 5.91 Å². The number of benzene rings is 1. The lowest BCUT2D eigenvalue weighted by Gasteiger charge is -2.15. The van der Waals surface area contributed by atoms with Gasteiger partial charge in [0.05, 0.1) is 10.6 Å². The highest BCUT2D eigenvalue weighted by Gasteiger charge is 2.24. The van der Waals surface area contributed by atoms with Crippen molar-refractivity contribution in [1.82, 2.24) is 0 Å². The zero-order valence-corrected chi connectivity index (χ0v) is 11.1. The van der Waals surface area contributed by atoms with E-state index < -0.39 is 15.7 Å². The number of amides is 1. The van der Waals surface area contributed by atoms with E-state index >= 15 is 0 Å². The quantitative estimate of drug-likeness (QED) is 0.566. The molecule has 0 spiro atoms. The third-order valence-electron chi connectivity index (χ3n) is 2.65. The molecule has 1 aromatic carbocycles. The van der Waals surface area contributed by atoms with Crippen LogP contribution in [0.15, 0.2) is 33.7 Å².